The van der Waals surface area contributed by atoms with E-state index in [1.807, 2.05) is 6.92 Å². The average Bonchev–Trinajstić information content (AvgIpc) is 3.21. The first-order chi connectivity index (χ1) is 10.3. The van der Waals surface area contributed by atoms with Gasteiger partial charge in [0.15, 0.2) is 0 Å². The van der Waals surface area contributed by atoms with Gasteiger partial charge in [-0.3, -0.25) is 4.55 Å². The maximum atomic E-state index is 13.8. The smallest absolute Gasteiger partial charge is 0.451 e. The lowest BCUT2D eigenvalue weighted by Crippen LogP contribution is -2.55. The molecule has 0 aromatic rings. The molecular weight excluding hydrogens is 344 g/mol. The van der Waals surface area contributed by atoms with Gasteiger partial charge in [0, 0.05) is 5.41 Å². The van der Waals surface area contributed by atoms with Gasteiger partial charge < -0.3 is 4.74 Å². The third-order valence-electron chi connectivity index (χ3n) is 5.71. The number of ether oxygens (including phenoxy) is 1. The molecule has 0 bridgehead atoms. The summed E-state index contributed by atoms with van der Waals surface area (Å²) in [4.78, 5) is 11.5. The Labute approximate surface area is 130 Å². The molecule has 10 heteroatoms. The maximum absolute atomic E-state index is 13.8. The van der Waals surface area contributed by atoms with E-state index in [1.165, 1.54) is 0 Å². The van der Waals surface area contributed by atoms with Crippen LogP contribution in [0.4, 0.5) is 17.6 Å². The Morgan fingerprint density at radius 1 is 1.30 bits per heavy atom. The molecule has 0 radical (unpaired) electrons. The molecule has 0 aromatic carbocycles. The second-order valence-electron chi connectivity index (χ2n) is 7.20. The van der Waals surface area contributed by atoms with E-state index < -0.39 is 39.3 Å². The van der Waals surface area contributed by atoms with Crippen molar-refractivity contribution in [2.75, 3.05) is 6.61 Å². The number of hydrogen-bond donors (Lipinski definition) is 1. The van der Waals surface area contributed by atoms with Crippen LogP contribution in [0.5, 0.6) is 0 Å². The first-order valence-corrected chi connectivity index (χ1v) is 8.63. The van der Waals surface area contributed by atoms with Gasteiger partial charge in [-0.15, -0.1) is 0 Å². The molecule has 0 saturated heterocycles. The molecular formula is C13H16F4O5S. The molecule has 132 valence electrons. The van der Waals surface area contributed by atoms with Crippen LogP contribution < -0.4 is 0 Å². The summed E-state index contributed by atoms with van der Waals surface area (Å²) >= 11 is 0. The van der Waals surface area contributed by atoms with Crippen molar-refractivity contribution in [3.8, 4) is 0 Å². The summed E-state index contributed by atoms with van der Waals surface area (Å²) in [6, 6.07) is 0. The number of alkyl halides is 4. The Morgan fingerprint density at radius 3 is 2.43 bits per heavy atom. The molecule has 1 N–H and O–H groups in total. The highest BCUT2D eigenvalue weighted by Gasteiger charge is 2.81. The van der Waals surface area contributed by atoms with E-state index in [2.05, 4.69) is 4.74 Å². The molecule has 3 aliphatic rings. The fourth-order valence-corrected chi connectivity index (χ4v) is 5.11. The summed E-state index contributed by atoms with van der Waals surface area (Å²) in [5.74, 6) is -1.86. The minimum atomic E-state index is -6.36. The molecule has 3 aliphatic carbocycles. The standard InChI is InChI=1S/C13H16F4O5S/c1-7-2-8-4-11(8)5-10(11,3-7)6-22-9(18)12(14,13(15,16)17)23(19,20)21/h7-8H,2-6H2,1H3,(H,19,20,21). The molecule has 3 rings (SSSR count). The van der Waals surface area contributed by atoms with E-state index in [4.69, 9.17) is 4.55 Å². The van der Waals surface area contributed by atoms with Crippen molar-refractivity contribution in [3.05, 3.63) is 0 Å². The van der Waals surface area contributed by atoms with E-state index in [1.54, 1.807) is 0 Å². The van der Waals surface area contributed by atoms with E-state index in [0.717, 1.165) is 12.8 Å². The van der Waals surface area contributed by atoms with Gasteiger partial charge in [-0.1, -0.05) is 6.92 Å². The van der Waals surface area contributed by atoms with Crippen LogP contribution in [0.2, 0.25) is 0 Å². The van der Waals surface area contributed by atoms with Gasteiger partial charge in [0.2, 0.25) is 0 Å². The van der Waals surface area contributed by atoms with Crippen LogP contribution in [0.15, 0.2) is 0 Å². The predicted molar refractivity (Wildman–Crippen MR) is 68.4 cm³/mol. The summed E-state index contributed by atoms with van der Waals surface area (Å²) in [5, 5.41) is -5.46. The van der Waals surface area contributed by atoms with Crippen LogP contribution in [0, 0.1) is 22.7 Å². The van der Waals surface area contributed by atoms with Crippen LogP contribution >= 0.6 is 0 Å². The fraction of sp³-hybridized carbons (Fsp3) is 0.923. The van der Waals surface area contributed by atoms with Crippen LogP contribution in [-0.2, 0) is 19.6 Å². The van der Waals surface area contributed by atoms with Crippen LogP contribution in [0.1, 0.15) is 32.6 Å². The molecule has 3 fully saturated rings. The summed E-state index contributed by atoms with van der Waals surface area (Å²) in [6.45, 7) is 1.53. The molecule has 5 nitrogen and oxygen atoms in total. The quantitative estimate of drug-likeness (QED) is 0.473. The van der Waals surface area contributed by atoms with Gasteiger partial charge in [-0.05, 0) is 42.9 Å². The van der Waals surface area contributed by atoms with Crippen molar-refractivity contribution >= 4 is 16.1 Å². The number of halogens is 4. The number of esters is 1. The zero-order valence-electron chi connectivity index (χ0n) is 12.2. The lowest BCUT2D eigenvalue weighted by Gasteiger charge is -2.28. The van der Waals surface area contributed by atoms with Crippen LogP contribution in [0.25, 0.3) is 0 Å². The summed E-state index contributed by atoms with van der Waals surface area (Å²) in [6.07, 6.45) is -2.87. The van der Waals surface area contributed by atoms with Crippen molar-refractivity contribution in [1.82, 2.24) is 0 Å². The highest BCUT2D eigenvalue weighted by atomic mass is 32.2. The van der Waals surface area contributed by atoms with Crippen molar-refractivity contribution < 1.29 is 40.1 Å². The number of carbonyl (C=O) groups excluding carboxylic acids is 1. The van der Waals surface area contributed by atoms with Gasteiger partial charge in [-0.2, -0.15) is 21.6 Å². The topological polar surface area (TPSA) is 80.7 Å². The summed E-state index contributed by atoms with van der Waals surface area (Å²) in [7, 11) is -6.36. The first-order valence-electron chi connectivity index (χ1n) is 7.19. The van der Waals surface area contributed by atoms with E-state index >= 15 is 0 Å². The van der Waals surface area contributed by atoms with Gasteiger partial charge in [-0.25, -0.2) is 9.18 Å². The monoisotopic (exact) mass is 360 g/mol. The second-order valence-corrected chi connectivity index (χ2v) is 8.72. The van der Waals surface area contributed by atoms with E-state index in [0.29, 0.717) is 24.7 Å². The van der Waals surface area contributed by atoms with Gasteiger partial charge in [0.25, 0.3) is 0 Å². The Bertz CT molecular complexity index is 662. The zero-order valence-corrected chi connectivity index (χ0v) is 13.0. The minimum Gasteiger partial charge on any atom is -0.462 e. The molecule has 5 atom stereocenters. The van der Waals surface area contributed by atoms with E-state index in [-0.39, 0.29) is 5.41 Å². The third-order valence-corrected chi connectivity index (χ3v) is 6.81. The van der Waals surface area contributed by atoms with Crippen LogP contribution in [0.3, 0.4) is 0 Å². The van der Waals surface area contributed by atoms with E-state index in [9.17, 15) is 30.8 Å². The average molecular weight is 360 g/mol. The molecule has 5 unspecified atom stereocenters. The second kappa shape index (κ2) is 4.38. The molecule has 0 aromatic heterocycles. The molecule has 0 heterocycles. The first kappa shape index (κ1) is 16.9. The maximum Gasteiger partial charge on any atom is 0.451 e. The predicted octanol–water partition coefficient (Wildman–Crippen LogP) is 2.47. The Kier molecular flexibility index (Phi) is 3.23. The van der Waals surface area contributed by atoms with Gasteiger partial charge in [0.05, 0.1) is 6.61 Å². The highest BCUT2D eigenvalue weighted by Crippen LogP contribution is 2.87. The van der Waals surface area contributed by atoms with Crippen molar-refractivity contribution in [2.24, 2.45) is 22.7 Å². The number of carbonyl (C=O) groups is 1. The normalized spacial score (nSPS) is 41.3. The third kappa shape index (κ3) is 2.13. The van der Waals surface area contributed by atoms with Crippen molar-refractivity contribution in [3.63, 3.8) is 0 Å². The zero-order chi connectivity index (χ0) is 17.5. The molecule has 0 aliphatic heterocycles. The molecule has 1 spiro atoms. The number of rotatable bonds is 4. The fourth-order valence-electron chi connectivity index (χ4n) is 4.54. The number of hydrogen-bond acceptors (Lipinski definition) is 4. The largest absolute Gasteiger partial charge is 0.462 e. The summed E-state index contributed by atoms with van der Waals surface area (Å²) in [5.41, 5.74) is -0.508. The Morgan fingerprint density at radius 2 is 1.91 bits per heavy atom. The van der Waals surface area contributed by atoms with Gasteiger partial charge in [0.1, 0.15) is 0 Å². The van der Waals surface area contributed by atoms with Crippen molar-refractivity contribution in [1.29, 1.82) is 0 Å². The molecule has 3 saturated carbocycles. The minimum absolute atomic E-state index is 0.0327. The Hall–Kier alpha value is -0.900. The van der Waals surface area contributed by atoms with Crippen LogP contribution in [-0.4, -0.2) is 36.7 Å². The van der Waals surface area contributed by atoms with Crippen molar-refractivity contribution in [2.45, 2.75) is 43.8 Å². The molecule has 23 heavy (non-hydrogen) atoms. The highest BCUT2D eigenvalue weighted by molar-refractivity contribution is 7.88. The Balaban J connectivity index is 1.75. The van der Waals surface area contributed by atoms with Gasteiger partial charge >= 0.3 is 27.3 Å². The lowest BCUT2D eigenvalue weighted by molar-refractivity contribution is -0.216. The molecule has 0 amide bonds. The lowest BCUT2D eigenvalue weighted by atomic mass is 9.82. The SMILES string of the molecule is CC1CC2CC23CC3(COC(=O)C(F)(C(F)(F)F)S(=O)(=O)O)C1. The summed E-state index contributed by atoms with van der Waals surface area (Å²) < 4.78 is 86.3.